The summed E-state index contributed by atoms with van der Waals surface area (Å²) in [6.45, 7) is 4.04. The molecule has 0 heterocycles. The van der Waals surface area contributed by atoms with Gasteiger partial charge in [-0.05, 0) is 12.3 Å². The number of aliphatic hydroxyl groups is 1. The Morgan fingerprint density at radius 1 is 1.62 bits per heavy atom. The van der Waals surface area contributed by atoms with Crippen LogP contribution >= 0.6 is 0 Å². The van der Waals surface area contributed by atoms with Crippen molar-refractivity contribution in [3.8, 4) is 0 Å². The zero-order valence-electron chi connectivity index (χ0n) is 8.28. The molecule has 0 spiro atoms. The highest BCUT2D eigenvalue weighted by molar-refractivity contribution is 5.67. The molecule has 0 saturated heterocycles. The second-order valence-electron chi connectivity index (χ2n) is 3.87. The molecule has 4 heteroatoms. The average molecular weight is 187 g/mol. The summed E-state index contributed by atoms with van der Waals surface area (Å²) in [4.78, 5) is 11.0. The Hall–Kier alpha value is -0.770. The van der Waals surface area contributed by atoms with Gasteiger partial charge in [-0.3, -0.25) is 0 Å². The molecule has 3 unspecified atom stereocenters. The van der Waals surface area contributed by atoms with E-state index in [1.54, 1.807) is 0 Å². The average Bonchev–Trinajstić information content (AvgIpc) is 2.77. The first kappa shape index (κ1) is 10.3. The maximum absolute atomic E-state index is 11.0. The van der Waals surface area contributed by atoms with Crippen LogP contribution in [0.1, 0.15) is 20.3 Å². The fraction of sp³-hybridized carbons (Fsp3) is 0.889. The number of hydrogen-bond donors (Lipinski definition) is 2. The summed E-state index contributed by atoms with van der Waals surface area (Å²) in [5.74, 6) is 0.528. The van der Waals surface area contributed by atoms with Gasteiger partial charge in [0.15, 0.2) is 0 Å². The Morgan fingerprint density at radius 2 is 2.15 bits per heavy atom. The number of amides is 1. The predicted octanol–water partition coefficient (Wildman–Crippen LogP) is 0.748. The maximum atomic E-state index is 11.0. The molecule has 0 radical (unpaired) electrons. The molecule has 0 aromatic heterocycles. The van der Waals surface area contributed by atoms with E-state index in [1.165, 1.54) is 7.11 Å². The van der Waals surface area contributed by atoms with Gasteiger partial charge in [-0.25, -0.2) is 4.79 Å². The third-order valence-electron chi connectivity index (χ3n) is 2.45. The molecule has 0 aliphatic heterocycles. The second kappa shape index (κ2) is 3.96. The number of nitrogens with one attached hydrogen (secondary N) is 1. The highest BCUT2D eigenvalue weighted by Gasteiger charge is 2.43. The SMILES string of the molecule is COC(=O)NC(C(C)C)C1CC1O. The summed E-state index contributed by atoms with van der Waals surface area (Å²) in [5, 5.41) is 12.0. The lowest BCUT2D eigenvalue weighted by atomic mass is 10.00. The molecule has 0 aromatic carbocycles. The summed E-state index contributed by atoms with van der Waals surface area (Å²) in [6.07, 6.45) is 0.120. The number of alkyl carbamates (subject to hydrolysis) is 1. The highest BCUT2D eigenvalue weighted by atomic mass is 16.5. The smallest absolute Gasteiger partial charge is 0.407 e. The topological polar surface area (TPSA) is 58.6 Å². The van der Waals surface area contributed by atoms with E-state index in [4.69, 9.17) is 0 Å². The Kier molecular flexibility index (Phi) is 3.14. The van der Waals surface area contributed by atoms with Crippen LogP contribution in [-0.2, 0) is 4.74 Å². The van der Waals surface area contributed by atoms with Crippen molar-refractivity contribution in [2.75, 3.05) is 7.11 Å². The Bertz CT molecular complexity index is 193. The van der Waals surface area contributed by atoms with Crippen molar-refractivity contribution in [3.63, 3.8) is 0 Å². The molecule has 1 aliphatic rings. The van der Waals surface area contributed by atoms with Crippen LogP contribution in [0.2, 0.25) is 0 Å². The molecule has 0 aromatic rings. The fourth-order valence-corrected chi connectivity index (χ4v) is 1.55. The second-order valence-corrected chi connectivity index (χ2v) is 3.87. The van der Waals surface area contributed by atoms with Gasteiger partial charge >= 0.3 is 6.09 Å². The first-order valence-electron chi connectivity index (χ1n) is 4.58. The number of carbonyl (C=O) groups is 1. The van der Waals surface area contributed by atoms with Crippen LogP contribution in [0.3, 0.4) is 0 Å². The predicted molar refractivity (Wildman–Crippen MR) is 48.3 cm³/mol. The van der Waals surface area contributed by atoms with Crippen molar-refractivity contribution in [2.45, 2.75) is 32.4 Å². The summed E-state index contributed by atoms with van der Waals surface area (Å²) < 4.78 is 4.51. The Balaban J connectivity index is 2.44. The van der Waals surface area contributed by atoms with Crippen molar-refractivity contribution in [1.82, 2.24) is 5.32 Å². The molecule has 3 atom stereocenters. The first-order valence-corrected chi connectivity index (χ1v) is 4.58. The van der Waals surface area contributed by atoms with E-state index in [9.17, 15) is 9.90 Å². The molecular formula is C9H17NO3. The molecular weight excluding hydrogens is 170 g/mol. The van der Waals surface area contributed by atoms with Crippen molar-refractivity contribution in [3.05, 3.63) is 0 Å². The molecule has 76 valence electrons. The van der Waals surface area contributed by atoms with Crippen molar-refractivity contribution < 1.29 is 14.6 Å². The minimum absolute atomic E-state index is 0.0300. The number of aliphatic hydroxyl groups excluding tert-OH is 1. The van der Waals surface area contributed by atoms with Gasteiger partial charge in [0.05, 0.1) is 13.2 Å². The largest absolute Gasteiger partial charge is 0.453 e. The minimum atomic E-state index is -0.419. The zero-order valence-corrected chi connectivity index (χ0v) is 8.28. The molecule has 0 bridgehead atoms. The van der Waals surface area contributed by atoms with Crippen LogP contribution in [0.25, 0.3) is 0 Å². The third kappa shape index (κ3) is 2.59. The Labute approximate surface area is 78.3 Å². The summed E-state index contributed by atoms with van der Waals surface area (Å²) in [6, 6.07) is 0.0300. The van der Waals surface area contributed by atoms with Gasteiger partial charge in [0.1, 0.15) is 0 Å². The number of methoxy groups -OCH3 is 1. The summed E-state index contributed by atoms with van der Waals surface area (Å²) in [7, 11) is 1.34. The molecule has 13 heavy (non-hydrogen) atoms. The number of rotatable bonds is 3. The molecule has 1 fully saturated rings. The lowest BCUT2D eigenvalue weighted by molar-refractivity contribution is 0.156. The molecule has 2 N–H and O–H groups in total. The normalized spacial score (nSPS) is 28.4. The van der Waals surface area contributed by atoms with Crippen LogP contribution in [0.4, 0.5) is 4.79 Å². The molecule has 1 amide bonds. The van der Waals surface area contributed by atoms with E-state index in [0.29, 0.717) is 5.92 Å². The van der Waals surface area contributed by atoms with E-state index >= 15 is 0 Å². The molecule has 4 nitrogen and oxygen atoms in total. The number of ether oxygens (including phenoxy) is 1. The Morgan fingerprint density at radius 3 is 2.46 bits per heavy atom. The summed E-state index contributed by atoms with van der Waals surface area (Å²) >= 11 is 0. The van der Waals surface area contributed by atoms with Gasteiger partial charge in [-0.2, -0.15) is 0 Å². The van der Waals surface area contributed by atoms with Gasteiger partial charge in [0.2, 0.25) is 0 Å². The van der Waals surface area contributed by atoms with Crippen LogP contribution in [0.5, 0.6) is 0 Å². The molecule has 1 saturated carbocycles. The van der Waals surface area contributed by atoms with Gasteiger partial charge < -0.3 is 15.2 Å². The van der Waals surface area contributed by atoms with Gasteiger partial charge in [-0.15, -0.1) is 0 Å². The first-order chi connectivity index (χ1) is 6.06. The van der Waals surface area contributed by atoms with Gasteiger partial charge in [0, 0.05) is 12.0 Å². The fourth-order valence-electron chi connectivity index (χ4n) is 1.55. The quantitative estimate of drug-likeness (QED) is 0.685. The highest BCUT2D eigenvalue weighted by Crippen LogP contribution is 2.36. The van der Waals surface area contributed by atoms with Crippen molar-refractivity contribution in [1.29, 1.82) is 0 Å². The lowest BCUT2D eigenvalue weighted by Crippen LogP contribution is -2.40. The van der Waals surface area contributed by atoms with Crippen LogP contribution < -0.4 is 5.32 Å². The zero-order chi connectivity index (χ0) is 10.0. The van der Waals surface area contributed by atoms with E-state index in [1.807, 2.05) is 13.8 Å². The van der Waals surface area contributed by atoms with Gasteiger partial charge in [-0.1, -0.05) is 13.8 Å². The van der Waals surface area contributed by atoms with E-state index in [2.05, 4.69) is 10.1 Å². The molecule has 1 rings (SSSR count). The van der Waals surface area contributed by atoms with Crippen LogP contribution in [0, 0.1) is 11.8 Å². The van der Waals surface area contributed by atoms with Gasteiger partial charge in [0.25, 0.3) is 0 Å². The third-order valence-corrected chi connectivity index (χ3v) is 2.45. The van der Waals surface area contributed by atoms with Crippen molar-refractivity contribution in [2.24, 2.45) is 11.8 Å². The number of carbonyl (C=O) groups excluding carboxylic acids is 1. The monoisotopic (exact) mass is 187 g/mol. The van der Waals surface area contributed by atoms with E-state index in [-0.39, 0.29) is 18.1 Å². The maximum Gasteiger partial charge on any atom is 0.407 e. The standard InChI is InChI=1S/C9H17NO3/c1-5(2)8(6-4-7(6)11)10-9(12)13-3/h5-8,11H,4H2,1-3H3,(H,10,12). The lowest BCUT2D eigenvalue weighted by Gasteiger charge is -2.21. The number of hydrogen-bond acceptors (Lipinski definition) is 3. The van der Waals surface area contributed by atoms with Crippen molar-refractivity contribution >= 4 is 6.09 Å². The minimum Gasteiger partial charge on any atom is -0.453 e. The summed E-state index contributed by atoms with van der Waals surface area (Å²) in [5.41, 5.74) is 0. The molecule has 1 aliphatic carbocycles. The van der Waals surface area contributed by atoms with E-state index < -0.39 is 6.09 Å². The van der Waals surface area contributed by atoms with E-state index in [0.717, 1.165) is 6.42 Å². The van der Waals surface area contributed by atoms with Crippen LogP contribution in [0.15, 0.2) is 0 Å². The van der Waals surface area contributed by atoms with Crippen LogP contribution in [-0.4, -0.2) is 30.5 Å².